The van der Waals surface area contributed by atoms with Gasteiger partial charge in [-0.1, -0.05) is 33.3 Å². The number of rotatable bonds is 4. The molecule has 0 saturated carbocycles. The lowest BCUT2D eigenvalue weighted by atomic mass is 10.1. The van der Waals surface area contributed by atoms with Gasteiger partial charge in [0.15, 0.2) is 5.78 Å². The van der Waals surface area contributed by atoms with Gasteiger partial charge in [0.2, 0.25) is 0 Å². The van der Waals surface area contributed by atoms with Gasteiger partial charge in [0.05, 0.1) is 12.8 Å². The molecule has 1 aromatic heterocycles. The van der Waals surface area contributed by atoms with Gasteiger partial charge in [-0.15, -0.1) is 5.10 Å². The van der Waals surface area contributed by atoms with E-state index in [1.165, 1.54) is 4.68 Å². The summed E-state index contributed by atoms with van der Waals surface area (Å²) in [7, 11) is 0. The van der Waals surface area contributed by atoms with Crippen LogP contribution in [0.4, 0.5) is 0 Å². The fourth-order valence-corrected chi connectivity index (χ4v) is 1.63. The Morgan fingerprint density at radius 2 is 2.06 bits per heavy atom. The van der Waals surface area contributed by atoms with Gasteiger partial charge < -0.3 is 5.11 Å². The Kier molecular flexibility index (Phi) is 3.65. The lowest BCUT2D eigenvalue weighted by Gasteiger charge is -2.00. The van der Waals surface area contributed by atoms with E-state index in [0.717, 1.165) is 4.47 Å². The van der Waals surface area contributed by atoms with Gasteiger partial charge in [-0.25, -0.2) is 4.68 Å². The molecule has 88 valence electrons. The average Bonchev–Trinajstić information content (AvgIpc) is 2.77. The van der Waals surface area contributed by atoms with Crippen LogP contribution in [0.1, 0.15) is 16.1 Å². The third-order valence-corrected chi connectivity index (χ3v) is 2.75. The Bertz CT molecular complexity index is 522. The van der Waals surface area contributed by atoms with Gasteiger partial charge in [-0.05, 0) is 12.1 Å². The van der Waals surface area contributed by atoms with Crippen LogP contribution in [0.5, 0.6) is 0 Å². The summed E-state index contributed by atoms with van der Waals surface area (Å²) in [6.45, 7) is -0.0545. The number of carbonyl (C=O) groups is 1. The number of aliphatic hydroxyl groups is 1. The molecular formula is C11H10BrN3O2. The normalized spacial score (nSPS) is 10.5. The van der Waals surface area contributed by atoms with Crippen LogP contribution in [-0.2, 0) is 13.2 Å². The van der Waals surface area contributed by atoms with Crippen molar-refractivity contribution in [3.8, 4) is 0 Å². The lowest BCUT2D eigenvalue weighted by Crippen LogP contribution is -2.10. The molecule has 2 rings (SSSR count). The predicted molar refractivity (Wildman–Crippen MR) is 64.4 cm³/mol. The summed E-state index contributed by atoms with van der Waals surface area (Å²) < 4.78 is 2.34. The second-order valence-electron chi connectivity index (χ2n) is 3.50. The topological polar surface area (TPSA) is 68.0 Å². The summed E-state index contributed by atoms with van der Waals surface area (Å²) in [5, 5.41) is 16.3. The van der Waals surface area contributed by atoms with Crippen molar-refractivity contribution in [3.05, 3.63) is 46.2 Å². The van der Waals surface area contributed by atoms with Gasteiger partial charge >= 0.3 is 0 Å². The molecule has 0 saturated heterocycles. The maximum Gasteiger partial charge on any atom is 0.184 e. The highest BCUT2D eigenvalue weighted by Gasteiger charge is 2.08. The van der Waals surface area contributed by atoms with Gasteiger partial charge in [0.1, 0.15) is 12.2 Å². The number of aliphatic hydroxyl groups excluding tert-OH is 1. The van der Waals surface area contributed by atoms with Gasteiger partial charge in [0, 0.05) is 10.0 Å². The molecular weight excluding hydrogens is 286 g/mol. The van der Waals surface area contributed by atoms with Crippen LogP contribution in [0, 0.1) is 0 Å². The number of carbonyl (C=O) groups excluding carboxylic acids is 1. The van der Waals surface area contributed by atoms with Crippen LogP contribution in [0.15, 0.2) is 34.9 Å². The molecule has 0 atom stereocenters. The van der Waals surface area contributed by atoms with Crippen molar-refractivity contribution >= 4 is 21.7 Å². The van der Waals surface area contributed by atoms with Crippen LogP contribution < -0.4 is 0 Å². The molecule has 1 aromatic carbocycles. The quantitative estimate of drug-likeness (QED) is 0.866. The summed E-state index contributed by atoms with van der Waals surface area (Å²) in [6, 6.07) is 7.12. The number of hydrogen-bond acceptors (Lipinski definition) is 4. The molecule has 0 unspecified atom stereocenters. The summed E-state index contributed by atoms with van der Waals surface area (Å²) in [6.07, 6.45) is 1.55. The smallest absolute Gasteiger partial charge is 0.184 e. The summed E-state index contributed by atoms with van der Waals surface area (Å²) in [5.41, 5.74) is 1.07. The van der Waals surface area contributed by atoms with Crippen molar-refractivity contribution in [2.24, 2.45) is 0 Å². The van der Waals surface area contributed by atoms with E-state index in [-0.39, 0.29) is 18.9 Å². The van der Waals surface area contributed by atoms with Crippen LogP contribution in [-0.4, -0.2) is 25.9 Å². The van der Waals surface area contributed by atoms with E-state index in [1.807, 2.05) is 12.1 Å². The van der Waals surface area contributed by atoms with Crippen LogP contribution >= 0.6 is 15.9 Å². The number of Topliss-reactive ketones (excluding diaryl/α,β-unsaturated/α-hetero) is 1. The molecule has 5 nitrogen and oxygen atoms in total. The molecule has 1 N–H and O–H groups in total. The molecule has 0 fully saturated rings. The number of benzene rings is 1. The fraction of sp³-hybridized carbons (Fsp3) is 0.182. The molecule has 2 aromatic rings. The van der Waals surface area contributed by atoms with Crippen molar-refractivity contribution in [2.45, 2.75) is 13.2 Å². The van der Waals surface area contributed by atoms with Crippen LogP contribution in [0.25, 0.3) is 0 Å². The van der Waals surface area contributed by atoms with Gasteiger partial charge in [-0.2, -0.15) is 0 Å². The molecule has 0 aliphatic carbocycles. The molecule has 0 aliphatic heterocycles. The van der Waals surface area contributed by atoms with Crippen molar-refractivity contribution in [1.82, 2.24) is 15.0 Å². The first-order chi connectivity index (χ1) is 8.19. The number of hydrogen-bond donors (Lipinski definition) is 1. The zero-order valence-electron chi connectivity index (χ0n) is 8.88. The molecule has 1 heterocycles. The Morgan fingerprint density at radius 1 is 1.35 bits per heavy atom. The predicted octanol–water partition coefficient (Wildman–Crippen LogP) is 1.42. The number of aromatic nitrogens is 3. The first-order valence-electron chi connectivity index (χ1n) is 4.97. The second kappa shape index (κ2) is 5.20. The van der Waals surface area contributed by atoms with Gasteiger partial charge in [-0.3, -0.25) is 4.79 Å². The summed E-state index contributed by atoms with van der Waals surface area (Å²) >= 11 is 3.31. The van der Waals surface area contributed by atoms with E-state index in [4.69, 9.17) is 5.11 Å². The van der Waals surface area contributed by atoms with E-state index in [0.29, 0.717) is 11.3 Å². The molecule has 0 radical (unpaired) electrons. The highest BCUT2D eigenvalue weighted by Crippen LogP contribution is 2.11. The molecule has 17 heavy (non-hydrogen) atoms. The van der Waals surface area contributed by atoms with E-state index in [9.17, 15) is 4.79 Å². The van der Waals surface area contributed by atoms with Gasteiger partial charge in [0.25, 0.3) is 0 Å². The Balaban J connectivity index is 2.08. The number of nitrogens with zero attached hydrogens (tertiary/aromatic N) is 3. The van der Waals surface area contributed by atoms with E-state index >= 15 is 0 Å². The third-order valence-electron chi connectivity index (χ3n) is 2.22. The van der Waals surface area contributed by atoms with E-state index in [2.05, 4.69) is 26.2 Å². The molecule has 6 heteroatoms. The number of ketones is 1. The Labute approximate surface area is 106 Å². The minimum atomic E-state index is -0.174. The minimum Gasteiger partial charge on any atom is -0.390 e. The Morgan fingerprint density at radius 3 is 2.65 bits per heavy atom. The summed E-state index contributed by atoms with van der Waals surface area (Å²) in [5.74, 6) is -0.0492. The molecule has 0 aliphatic rings. The maximum absolute atomic E-state index is 11.9. The van der Waals surface area contributed by atoms with Crippen molar-refractivity contribution in [2.75, 3.05) is 0 Å². The fourth-order valence-electron chi connectivity index (χ4n) is 1.36. The number of halogens is 1. The standard InChI is InChI=1S/C11H10BrN3O2/c12-9-3-1-8(2-4-9)11(17)6-15-5-10(7-16)13-14-15/h1-5,16H,6-7H2. The average molecular weight is 296 g/mol. The first-order valence-corrected chi connectivity index (χ1v) is 5.77. The lowest BCUT2D eigenvalue weighted by molar-refractivity contribution is 0.0967. The SMILES string of the molecule is O=C(Cn1cc(CO)nn1)c1ccc(Br)cc1. The second-order valence-corrected chi connectivity index (χ2v) is 4.41. The summed E-state index contributed by atoms with van der Waals surface area (Å²) in [4.78, 5) is 11.9. The third kappa shape index (κ3) is 2.98. The van der Waals surface area contributed by atoms with Crippen molar-refractivity contribution < 1.29 is 9.90 Å². The van der Waals surface area contributed by atoms with Crippen molar-refractivity contribution in [3.63, 3.8) is 0 Å². The zero-order chi connectivity index (χ0) is 12.3. The van der Waals surface area contributed by atoms with E-state index < -0.39 is 0 Å². The maximum atomic E-state index is 11.9. The molecule has 0 spiro atoms. The molecule has 0 bridgehead atoms. The molecule has 0 amide bonds. The highest BCUT2D eigenvalue weighted by atomic mass is 79.9. The van der Waals surface area contributed by atoms with Crippen LogP contribution in [0.3, 0.4) is 0 Å². The Hall–Kier alpha value is -1.53. The van der Waals surface area contributed by atoms with Crippen molar-refractivity contribution in [1.29, 1.82) is 0 Å². The first kappa shape index (κ1) is 11.9. The zero-order valence-corrected chi connectivity index (χ0v) is 10.5. The minimum absolute atomic E-state index is 0.0492. The highest BCUT2D eigenvalue weighted by molar-refractivity contribution is 9.10. The largest absolute Gasteiger partial charge is 0.390 e. The van der Waals surface area contributed by atoms with E-state index in [1.54, 1.807) is 18.3 Å². The monoisotopic (exact) mass is 295 g/mol. The van der Waals surface area contributed by atoms with Crippen LogP contribution in [0.2, 0.25) is 0 Å².